The maximum Gasteiger partial charge on any atom is 0.293 e. The summed E-state index contributed by atoms with van der Waals surface area (Å²) in [5.74, 6) is -0.670. The molecule has 0 radical (unpaired) electrons. The van der Waals surface area contributed by atoms with E-state index in [1.807, 2.05) is 0 Å². The predicted octanol–water partition coefficient (Wildman–Crippen LogP) is 2.77. The highest BCUT2D eigenvalue weighted by Crippen LogP contribution is 2.32. The first-order chi connectivity index (χ1) is 12.9. The van der Waals surface area contributed by atoms with Crippen LogP contribution < -0.4 is 11.1 Å². The van der Waals surface area contributed by atoms with E-state index in [4.69, 9.17) is 5.73 Å². The number of nitrogens with one attached hydrogen (secondary N) is 1. The highest BCUT2D eigenvalue weighted by atomic mass is 19.1. The second-order valence-corrected chi connectivity index (χ2v) is 5.88. The quantitative estimate of drug-likeness (QED) is 0.512. The zero-order valence-electron chi connectivity index (χ0n) is 14.3. The van der Waals surface area contributed by atoms with Gasteiger partial charge in [-0.1, -0.05) is 12.1 Å². The van der Waals surface area contributed by atoms with E-state index >= 15 is 0 Å². The number of anilines is 1. The van der Waals surface area contributed by atoms with Gasteiger partial charge in [-0.2, -0.15) is 0 Å². The van der Waals surface area contributed by atoms with Gasteiger partial charge in [-0.25, -0.2) is 9.37 Å². The number of primary amides is 1. The van der Waals surface area contributed by atoms with Gasteiger partial charge in [0.05, 0.1) is 4.92 Å². The molecule has 1 amide bonds. The number of carbonyl (C=O) groups excluding carboxylic acids is 1. The maximum atomic E-state index is 13.7. The maximum absolute atomic E-state index is 13.7. The summed E-state index contributed by atoms with van der Waals surface area (Å²) in [6.07, 6.45) is 3.29. The number of benzene rings is 2. The Morgan fingerprint density at radius 1 is 1.33 bits per heavy atom. The van der Waals surface area contributed by atoms with E-state index in [-0.39, 0.29) is 16.9 Å². The van der Waals surface area contributed by atoms with E-state index in [0.717, 1.165) is 6.07 Å². The topological polar surface area (TPSA) is 116 Å². The van der Waals surface area contributed by atoms with Crippen LogP contribution in [0.5, 0.6) is 0 Å². The van der Waals surface area contributed by atoms with Crippen molar-refractivity contribution in [3.8, 4) is 0 Å². The Bertz CT molecular complexity index is 1020. The van der Waals surface area contributed by atoms with Crippen molar-refractivity contribution in [2.75, 3.05) is 5.32 Å². The molecule has 8 nitrogen and oxygen atoms in total. The number of nitro benzene ring substituents is 1. The molecule has 3 N–H and O–H groups in total. The molecule has 0 aliphatic rings. The van der Waals surface area contributed by atoms with Gasteiger partial charge in [-0.3, -0.25) is 14.9 Å². The van der Waals surface area contributed by atoms with Crippen molar-refractivity contribution in [1.29, 1.82) is 0 Å². The Labute approximate surface area is 153 Å². The van der Waals surface area contributed by atoms with Crippen LogP contribution in [0, 0.1) is 15.9 Å². The molecule has 0 spiro atoms. The van der Waals surface area contributed by atoms with Crippen LogP contribution in [0.25, 0.3) is 0 Å². The Hall–Kier alpha value is -3.75. The van der Waals surface area contributed by atoms with Crippen molar-refractivity contribution in [2.45, 2.75) is 6.04 Å². The molecule has 2 aromatic carbocycles. The third-order valence-corrected chi connectivity index (χ3v) is 4.08. The fourth-order valence-corrected chi connectivity index (χ4v) is 2.75. The van der Waals surface area contributed by atoms with Crippen LogP contribution in [0.15, 0.2) is 54.9 Å². The lowest BCUT2D eigenvalue weighted by molar-refractivity contribution is -0.384. The highest BCUT2D eigenvalue weighted by Gasteiger charge is 2.24. The van der Waals surface area contributed by atoms with E-state index < -0.39 is 22.7 Å². The third kappa shape index (κ3) is 3.76. The Morgan fingerprint density at radius 3 is 2.70 bits per heavy atom. The van der Waals surface area contributed by atoms with Crippen LogP contribution in [-0.4, -0.2) is 20.4 Å². The molecule has 0 fully saturated rings. The normalized spacial score (nSPS) is 11.8. The number of amides is 1. The van der Waals surface area contributed by atoms with Crippen molar-refractivity contribution < 1.29 is 14.1 Å². The zero-order chi connectivity index (χ0) is 19.6. The lowest BCUT2D eigenvalue weighted by Gasteiger charge is -2.20. The van der Waals surface area contributed by atoms with E-state index in [1.54, 1.807) is 36.1 Å². The number of rotatable bonds is 6. The van der Waals surface area contributed by atoms with Gasteiger partial charge in [0.2, 0.25) is 5.91 Å². The lowest BCUT2D eigenvalue weighted by atomic mass is 10.0. The minimum Gasteiger partial charge on any atom is -0.366 e. The smallest absolute Gasteiger partial charge is 0.293 e. The van der Waals surface area contributed by atoms with Gasteiger partial charge in [0.1, 0.15) is 23.4 Å². The minimum absolute atomic E-state index is 0.0200. The number of nitrogens with two attached hydrogens (primary N) is 1. The number of halogens is 1. The molecular formula is C18H16FN5O3. The van der Waals surface area contributed by atoms with Crippen LogP contribution in [-0.2, 0) is 7.05 Å². The molecule has 1 heterocycles. The van der Waals surface area contributed by atoms with Crippen molar-refractivity contribution in [3.63, 3.8) is 0 Å². The summed E-state index contributed by atoms with van der Waals surface area (Å²) in [5.41, 5.74) is 5.60. The molecule has 0 aliphatic heterocycles. The van der Waals surface area contributed by atoms with E-state index in [2.05, 4.69) is 10.3 Å². The number of carbonyl (C=O) groups is 1. The summed E-state index contributed by atoms with van der Waals surface area (Å²) in [7, 11) is 1.76. The third-order valence-electron chi connectivity index (χ3n) is 4.08. The van der Waals surface area contributed by atoms with Crippen molar-refractivity contribution in [1.82, 2.24) is 9.55 Å². The predicted molar refractivity (Wildman–Crippen MR) is 96.7 cm³/mol. The van der Waals surface area contributed by atoms with E-state index in [9.17, 15) is 19.3 Å². The summed E-state index contributed by atoms with van der Waals surface area (Å²) < 4.78 is 15.5. The molecule has 0 saturated carbocycles. The number of nitro groups is 1. The molecule has 0 unspecified atom stereocenters. The number of nitrogens with zero attached hydrogens (tertiary/aromatic N) is 3. The van der Waals surface area contributed by atoms with Crippen LogP contribution in [0.1, 0.15) is 27.8 Å². The molecule has 0 saturated heterocycles. The van der Waals surface area contributed by atoms with Gasteiger partial charge >= 0.3 is 0 Å². The average Bonchev–Trinajstić information content (AvgIpc) is 3.05. The van der Waals surface area contributed by atoms with E-state index in [0.29, 0.717) is 11.4 Å². The first kappa shape index (κ1) is 18.1. The summed E-state index contributed by atoms with van der Waals surface area (Å²) in [5, 5.41) is 14.5. The van der Waals surface area contributed by atoms with Crippen LogP contribution in [0.4, 0.5) is 15.8 Å². The molecule has 1 atom stereocenters. The Kier molecular flexibility index (Phi) is 4.84. The monoisotopic (exact) mass is 369 g/mol. The molecule has 3 aromatic rings. The van der Waals surface area contributed by atoms with Gasteiger partial charge in [-0.05, 0) is 29.8 Å². The largest absolute Gasteiger partial charge is 0.366 e. The molecule has 3 rings (SSSR count). The zero-order valence-corrected chi connectivity index (χ0v) is 14.3. The molecule has 0 bridgehead atoms. The average molecular weight is 369 g/mol. The van der Waals surface area contributed by atoms with Gasteiger partial charge in [0.25, 0.3) is 5.69 Å². The second kappa shape index (κ2) is 7.24. The summed E-state index contributed by atoms with van der Waals surface area (Å²) in [4.78, 5) is 26.4. The number of hydrogen-bond acceptors (Lipinski definition) is 5. The molecule has 0 aliphatic carbocycles. The number of imidazole rings is 1. The SMILES string of the molecule is Cn1ccnc1[C@H](Nc1ccc(C(N)=O)cc1[N+](=O)[O-])c1cccc(F)c1. The second-order valence-electron chi connectivity index (χ2n) is 5.88. The van der Waals surface area contributed by atoms with E-state index in [1.165, 1.54) is 24.3 Å². The fraction of sp³-hybridized carbons (Fsp3) is 0.111. The minimum atomic E-state index is -0.768. The number of aromatic nitrogens is 2. The van der Waals surface area contributed by atoms with Gasteiger partial charge in [0.15, 0.2) is 0 Å². The van der Waals surface area contributed by atoms with Crippen molar-refractivity contribution in [2.24, 2.45) is 12.8 Å². The molecule has 1 aromatic heterocycles. The first-order valence-corrected chi connectivity index (χ1v) is 7.94. The number of hydrogen-bond donors (Lipinski definition) is 2. The summed E-state index contributed by atoms with van der Waals surface area (Å²) in [6, 6.07) is 9.11. The Morgan fingerprint density at radius 2 is 2.11 bits per heavy atom. The van der Waals surface area contributed by atoms with Gasteiger partial charge in [-0.15, -0.1) is 0 Å². The molecule has 138 valence electrons. The molecule has 27 heavy (non-hydrogen) atoms. The highest BCUT2D eigenvalue weighted by molar-refractivity contribution is 5.94. The summed E-state index contributed by atoms with van der Waals surface area (Å²) >= 11 is 0. The van der Waals surface area contributed by atoms with Crippen LogP contribution in [0.2, 0.25) is 0 Å². The van der Waals surface area contributed by atoms with Gasteiger partial charge in [0, 0.05) is 31.1 Å². The number of aryl methyl sites for hydroxylation is 1. The first-order valence-electron chi connectivity index (χ1n) is 7.94. The molecular weight excluding hydrogens is 353 g/mol. The molecule has 9 heteroatoms. The summed E-state index contributed by atoms with van der Waals surface area (Å²) in [6.45, 7) is 0. The van der Waals surface area contributed by atoms with Crippen molar-refractivity contribution in [3.05, 3.63) is 87.7 Å². The lowest BCUT2D eigenvalue weighted by Crippen LogP contribution is -2.18. The van der Waals surface area contributed by atoms with Gasteiger partial charge < -0.3 is 15.6 Å². The van der Waals surface area contributed by atoms with Crippen LogP contribution >= 0.6 is 0 Å². The van der Waals surface area contributed by atoms with Crippen molar-refractivity contribution >= 4 is 17.3 Å². The fourth-order valence-electron chi connectivity index (χ4n) is 2.75. The standard InChI is InChI=1S/C18H16FN5O3/c1-23-8-7-21-18(23)16(11-3-2-4-13(19)9-11)22-14-6-5-12(17(20)25)10-15(14)24(26)27/h2-10,16,22H,1H3,(H2,20,25)/t16-/m1/s1. The van der Waals surface area contributed by atoms with Crippen LogP contribution in [0.3, 0.4) is 0 Å². The Balaban J connectivity index is 2.09.